The summed E-state index contributed by atoms with van der Waals surface area (Å²) in [5.74, 6) is 1.80. The first-order chi connectivity index (χ1) is 15.4. The van der Waals surface area contributed by atoms with Crippen molar-refractivity contribution in [3.8, 4) is 11.1 Å². The number of nitrogens with zero attached hydrogens (tertiary/aromatic N) is 3. The summed E-state index contributed by atoms with van der Waals surface area (Å²) in [4.78, 5) is 23.6. The van der Waals surface area contributed by atoms with Gasteiger partial charge in [-0.05, 0) is 60.1 Å². The molecule has 1 atom stereocenters. The Morgan fingerprint density at radius 2 is 1.69 bits per heavy atom. The number of hydrogen-bond donors (Lipinski definition) is 1. The third kappa shape index (κ3) is 3.97. The van der Waals surface area contributed by atoms with Crippen molar-refractivity contribution in [1.29, 1.82) is 0 Å². The van der Waals surface area contributed by atoms with Gasteiger partial charge in [-0.25, -0.2) is 4.98 Å². The summed E-state index contributed by atoms with van der Waals surface area (Å²) >= 11 is 6.01. The lowest BCUT2D eigenvalue weighted by molar-refractivity contribution is -0.117. The van der Waals surface area contributed by atoms with Gasteiger partial charge in [0.2, 0.25) is 11.9 Å². The normalized spacial score (nSPS) is 19.4. The molecule has 3 aromatic rings. The van der Waals surface area contributed by atoms with Crippen molar-refractivity contribution in [2.45, 2.75) is 51.1 Å². The van der Waals surface area contributed by atoms with Crippen molar-refractivity contribution < 1.29 is 4.79 Å². The van der Waals surface area contributed by atoms with E-state index in [1.165, 1.54) is 5.56 Å². The van der Waals surface area contributed by atoms with Crippen LogP contribution in [-0.4, -0.2) is 21.9 Å². The van der Waals surface area contributed by atoms with Gasteiger partial charge in [-0.2, -0.15) is 4.98 Å². The van der Waals surface area contributed by atoms with Crippen molar-refractivity contribution in [2.75, 3.05) is 10.2 Å². The molecular weight excluding hydrogens is 420 g/mol. The molecule has 6 heteroatoms. The van der Waals surface area contributed by atoms with E-state index in [0.717, 1.165) is 35.4 Å². The molecule has 2 aromatic carbocycles. The maximum absolute atomic E-state index is 12.5. The Bertz CT molecular complexity index is 1120. The average Bonchev–Trinajstić information content (AvgIpc) is 3.46. The molecule has 0 radical (unpaired) electrons. The van der Waals surface area contributed by atoms with Gasteiger partial charge in [0.05, 0.1) is 5.54 Å². The molecule has 1 aliphatic heterocycles. The summed E-state index contributed by atoms with van der Waals surface area (Å²) < 4.78 is 0. The van der Waals surface area contributed by atoms with Crippen LogP contribution < -0.4 is 10.2 Å². The second-order valence-corrected chi connectivity index (χ2v) is 9.58. The topological polar surface area (TPSA) is 58.1 Å². The molecule has 0 spiro atoms. The number of rotatable bonds is 6. The Kier molecular flexibility index (Phi) is 5.38. The van der Waals surface area contributed by atoms with E-state index in [0.29, 0.717) is 24.1 Å². The van der Waals surface area contributed by atoms with Crippen LogP contribution in [0.1, 0.15) is 45.1 Å². The van der Waals surface area contributed by atoms with E-state index in [1.807, 2.05) is 35.2 Å². The predicted octanol–water partition coefficient (Wildman–Crippen LogP) is 6.05. The van der Waals surface area contributed by atoms with Gasteiger partial charge in [0.1, 0.15) is 5.82 Å². The third-order valence-corrected chi connectivity index (χ3v) is 6.88. The van der Waals surface area contributed by atoms with Gasteiger partial charge in [-0.1, -0.05) is 61.8 Å². The maximum Gasteiger partial charge on any atom is 0.228 e. The number of halogens is 1. The second kappa shape index (κ2) is 8.21. The fraction of sp³-hybridized carbons (Fsp3) is 0.346. The van der Waals surface area contributed by atoms with Crippen LogP contribution in [0, 0.1) is 5.92 Å². The summed E-state index contributed by atoms with van der Waals surface area (Å²) in [5.41, 5.74) is 3.38. The monoisotopic (exact) mass is 446 g/mol. The molecule has 1 saturated carbocycles. The fourth-order valence-corrected chi connectivity index (χ4v) is 4.75. The average molecular weight is 447 g/mol. The summed E-state index contributed by atoms with van der Waals surface area (Å²) in [6.07, 6.45) is 5.26. The Balaban J connectivity index is 1.36. The van der Waals surface area contributed by atoms with Gasteiger partial charge >= 0.3 is 0 Å². The van der Waals surface area contributed by atoms with E-state index in [-0.39, 0.29) is 17.5 Å². The zero-order valence-electron chi connectivity index (χ0n) is 18.4. The quantitative estimate of drug-likeness (QED) is 0.500. The number of benzene rings is 2. The van der Waals surface area contributed by atoms with Gasteiger partial charge in [0.15, 0.2) is 0 Å². The molecular formula is C26H27ClN4O. The molecule has 0 bridgehead atoms. The third-order valence-electron chi connectivity index (χ3n) is 6.63. The van der Waals surface area contributed by atoms with Crippen LogP contribution in [0.3, 0.4) is 0 Å². The first-order valence-electron chi connectivity index (χ1n) is 11.2. The van der Waals surface area contributed by atoms with E-state index in [1.54, 1.807) is 6.20 Å². The molecule has 0 unspecified atom stereocenters. The summed E-state index contributed by atoms with van der Waals surface area (Å²) in [7, 11) is 0. The molecule has 2 aliphatic rings. The molecule has 1 amide bonds. The number of nitrogens with one attached hydrogen (secondary N) is 1. The van der Waals surface area contributed by atoms with E-state index in [9.17, 15) is 4.79 Å². The van der Waals surface area contributed by atoms with Crippen LogP contribution in [0.15, 0.2) is 60.8 Å². The highest BCUT2D eigenvalue weighted by Crippen LogP contribution is 2.48. The molecule has 1 N–H and O–H groups in total. The zero-order chi connectivity index (χ0) is 22.3. The number of aromatic nitrogens is 2. The maximum atomic E-state index is 12.5. The molecule has 1 saturated heterocycles. The van der Waals surface area contributed by atoms with E-state index < -0.39 is 0 Å². The van der Waals surface area contributed by atoms with Crippen LogP contribution in [0.25, 0.3) is 11.1 Å². The molecule has 32 heavy (non-hydrogen) atoms. The van der Waals surface area contributed by atoms with Crippen LogP contribution >= 0.6 is 11.6 Å². The number of carbonyl (C=O) groups excluding carboxylic acids is 1. The first kappa shape index (κ1) is 21.0. The van der Waals surface area contributed by atoms with Gasteiger partial charge in [0, 0.05) is 23.7 Å². The largest absolute Gasteiger partial charge is 0.345 e. The van der Waals surface area contributed by atoms with E-state index in [2.05, 4.69) is 48.4 Å². The summed E-state index contributed by atoms with van der Waals surface area (Å²) in [5, 5.41) is 4.30. The minimum Gasteiger partial charge on any atom is -0.345 e. The van der Waals surface area contributed by atoms with Crippen molar-refractivity contribution in [2.24, 2.45) is 5.92 Å². The van der Waals surface area contributed by atoms with Gasteiger partial charge < -0.3 is 5.32 Å². The highest BCUT2D eigenvalue weighted by atomic mass is 35.5. The molecule has 5 rings (SSSR count). The zero-order valence-corrected chi connectivity index (χ0v) is 19.1. The Morgan fingerprint density at radius 1 is 1.03 bits per heavy atom. The molecule has 1 aliphatic carbocycles. The SMILES string of the molecule is CC(C)[C@H]1CCC(=O)N1c1ccnc(NC2(c3ccc(-c4ccc(Cl)cc4)cc3)CC2)n1. The molecule has 164 valence electrons. The Morgan fingerprint density at radius 3 is 2.31 bits per heavy atom. The van der Waals surface area contributed by atoms with Crippen LogP contribution in [-0.2, 0) is 10.3 Å². The predicted molar refractivity (Wildman–Crippen MR) is 129 cm³/mol. The number of carbonyl (C=O) groups is 1. The lowest BCUT2D eigenvalue weighted by Crippen LogP contribution is -2.37. The molecule has 1 aromatic heterocycles. The lowest BCUT2D eigenvalue weighted by Gasteiger charge is -2.27. The second-order valence-electron chi connectivity index (χ2n) is 9.14. The van der Waals surface area contributed by atoms with E-state index >= 15 is 0 Å². The van der Waals surface area contributed by atoms with Gasteiger partial charge in [-0.15, -0.1) is 0 Å². The van der Waals surface area contributed by atoms with Gasteiger partial charge in [-0.3, -0.25) is 9.69 Å². The van der Waals surface area contributed by atoms with Crippen LogP contribution in [0.2, 0.25) is 5.02 Å². The first-order valence-corrected chi connectivity index (χ1v) is 11.6. The van der Waals surface area contributed by atoms with Crippen molar-refractivity contribution in [3.63, 3.8) is 0 Å². The minimum atomic E-state index is -0.149. The van der Waals surface area contributed by atoms with Crippen LogP contribution in [0.4, 0.5) is 11.8 Å². The van der Waals surface area contributed by atoms with Crippen molar-refractivity contribution in [1.82, 2.24) is 9.97 Å². The molecule has 2 fully saturated rings. The Labute approximate surface area is 193 Å². The highest BCUT2D eigenvalue weighted by Gasteiger charge is 2.45. The number of hydrogen-bond acceptors (Lipinski definition) is 4. The standard InChI is InChI=1S/C26H27ClN4O/c1-17(2)22-11-12-24(32)31(22)23-13-16-28-25(29-23)30-26(14-15-26)20-7-3-18(4-8-20)19-5-9-21(27)10-6-19/h3-10,13,16-17,22H,11-12,14-15H2,1-2H3,(H,28,29,30)/t22-/m1/s1. The smallest absolute Gasteiger partial charge is 0.228 e. The molecule has 2 heterocycles. The van der Waals surface area contributed by atoms with Crippen LogP contribution in [0.5, 0.6) is 0 Å². The Hall–Kier alpha value is -2.92. The minimum absolute atomic E-state index is 0.146. The van der Waals surface area contributed by atoms with Crippen molar-refractivity contribution in [3.05, 3.63) is 71.4 Å². The lowest BCUT2D eigenvalue weighted by atomic mass is 9.99. The van der Waals surface area contributed by atoms with E-state index in [4.69, 9.17) is 16.6 Å². The number of amides is 1. The molecule has 5 nitrogen and oxygen atoms in total. The number of anilines is 2. The summed E-state index contributed by atoms with van der Waals surface area (Å²) in [6.45, 7) is 4.31. The van der Waals surface area contributed by atoms with Gasteiger partial charge in [0.25, 0.3) is 0 Å². The van der Waals surface area contributed by atoms with Crippen molar-refractivity contribution >= 4 is 29.3 Å². The highest BCUT2D eigenvalue weighted by molar-refractivity contribution is 6.30. The fourth-order valence-electron chi connectivity index (χ4n) is 4.63. The summed E-state index contributed by atoms with van der Waals surface area (Å²) in [6, 6.07) is 18.6.